The lowest BCUT2D eigenvalue weighted by atomic mass is 10.1. The molecule has 0 bridgehead atoms. The Balaban J connectivity index is 2.51. The smallest absolute Gasteiger partial charge is 0.191 e. The molecule has 1 heterocycles. The van der Waals surface area contributed by atoms with E-state index in [4.69, 9.17) is 5.73 Å². The number of nitrogens with zero attached hydrogens (tertiary/aromatic N) is 2. The van der Waals surface area contributed by atoms with Crippen molar-refractivity contribution in [3.05, 3.63) is 0 Å². The van der Waals surface area contributed by atoms with E-state index in [0.717, 1.165) is 31.4 Å². The summed E-state index contributed by atoms with van der Waals surface area (Å²) >= 11 is 0. The molecule has 0 aromatic heterocycles. The third-order valence-corrected chi connectivity index (χ3v) is 2.58. The molecule has 0 aromatic rings. The molecule has 0 radical (unpaired) electrons. The molecule has 0 spiro atoms. The Morgan fingerprint density at radius 1 is 1.54 bits per heavy atom. The average Bonchev–Trinajstić information content (AvgIpc) is 2.41. The number of guanidine groups is 1. The number of hydrogen-bond donors (Lipinski definition) is 1. The van der Waals surface area contributed by atoms with E-state index in [1.165, 1.54) is 6.42 Å². The van der Waals surface area contributed by atoms with Crippen molar-refractivity contribution in [1.82, 2.24) is 4.90 Å². The molecule has 1 aliphatic heterocycles. The van der Waals surface area contributed by atoms with E-state index < -0.39 is 0 Å². The fourth-order valence-corrected chi connectivity index (χ4v) is 1.94. The van der Waals surface area contributed by atoms with Gasteiger partial charge in [-0.3, -0.25) is 4.99 Å². The first-order valence-corrected chi connectivity index (χ1v) is 5.21. The molecule has 13 heavy (non-hydrogen) atoms. The summed E-state index contributed by atoms with van der Waals surface area (Å²) in [6, 6.07) is 0.565. The molecular formula is C10H21N3. The van der Waals surface area contributed by atoms with Crippen LogP contribution in [0.5, 0.6) is 0 Å². The molecule has 0 aliphatic carbocycles. The second-order valence-electron chi connectivity index (χ2n) is 4.08. The zero-order chi connectivity index (χ0) is 9.84. The molecule has 0 aromatic carbocycles. The van der Waals surface area contributed by atoms with Crippen LogP contribution in [0.25, 0.3) is 0 Å². The Morgan fingerprint density at radius 3 is 2.69 bits per heavy atom. The van der Waals surface area contributed by atoms with Crippen LogP contribution in [-0.4, -0.2) is 30.0 Å². The Hall–Kier alpha value is -0.730. The molecule has 1 fully saturated rings. The van der Waals surface area contributed by atoms with Gasteiger partial charge in [0.2, 0.25) is 0 Å². The minimum absolute atomic E-state index is 0.565. The minimum Gasteiger partial charge on any atom is -0.370 e. The molecule has 76 valence electrons. The van der Waals surface area contributed by atoms with Gasteiger partial charge in [-0.2, -0.15) is 0 Å². The van der Waals surface area contributed by atoms with Crippen LogP contribution in [0.4, 0.5) is 0 Å². The topological polar surface area (TPSA) is 41.6 Å². The number of rotatable bonds is 2. The van der Waals surface area contributed by atoms with E-state index in [-0.39, 0.29) is 0 Å². The molecule has 0 saturated carbocycles. The van der Waals surface area contributed by atoms with E-state index in [9.17, 15) is 0 Å². The van der Waals surface area contributed by atoms with Crippen molar-refractivity contribution in [3.8, 4) is 0 Å². The van der Waals surface area contributed by atoms with Gasteiger partial charge in [0.25, 0.3) is 0 Å². The quantitative estimate of drug-likeness (QED) is 0.520. The summed E-state index contributed by atoms with van der Waals surface area (Å²) in [6.07, 6.45) is 2.31. The molecular weight excluding hydrogens is 162 g/mol. The zero-order valence-corrected chi connectivity index (χ0v) is 8.95. The van der Waals surface area contributed by atoms with Gasteiger partial charge in [-0.1, -0.05) is 13.8 Å². The maximum absolute atomic E-state index is 5.89. The standard InChI is InChI=1S/C10H21N3/c1-4-5-12-10(11)13-7-8(2)6-9(13)3/h8-9H,4-7H2,1-3H3,(H2,11,12). The van der Waals surface area contributed by atoms with Crippen molar-refractivity contribution in [3.63, 3.8) is 0 Å². The molecule has 2 N–H and O–H groups in total. The Labute approximate surface area is 81.0 Å². The van der Waals surface area contributed by atoms with E-state index in [2.05, 4.69) is 30.7 Å². The van der Waals surface area contributed by atoms with Gasteiger partial charge in [0.1, 0.15) is 0 Å². The molecule has 3 nitrogen and oxygen atoms in total. The van der Waals surface area contributed by atoms with Crippen LogP contribution in [-0.2, 0) is 0 Å². The van der Waals surface area contributed by atoms with Crippen molar-refractivity contribution in [2.75, 3.05) is 13.1 Å². The highest BCUT2D eigenvalue weighted by atomic mass is 15.3. The summed E-state index contributed by atoms with van der Waals surface area (Å²) in [5.74, 6) is 1.49. The largest absolute Gasteiger partial charge is 0.370 e. The van der Waals surface area contributed by atoms with Crippen LogP contribution in [0.15, 0.2) is 4.99 Å². The number of aliphatic imine (C=N–C) groups is 1. The molecule has 1 saturated heterocycles. The molecule has 1 aliphatic rings. The van der Waals surface area contributed by atoms with Crippen molar-refractivity contribution in [1.29, 1.82) is 0 Å². The molecule has 2 atom stereocenters. The Bertz CT molecular complexity index is 189. The van der Waals surface area contributed by atoms with Gasteiger partial charge >= 0.3 is 0 Å². The van der Waals surface area contributed by atoms with Crippen molar-refractivity contribution < 1.29 is 0 Å². The SMILES string of the molecule is CCCN=C(N)N1CC(C)CC1C. The maximum atomic E-state index is 5.89. The highest BCUT2D eigenvalue weighted by molar-refractivity contribution is 5.78. The summed E-state index contributed by atoms with van der Waals surface area (Å²) < 4.78 is 0. The normalized spacial score (nSPS) is 29.8. The number of nitrogens with two attached hydrogens (primary N) is 1. The lowest BCUT2D eigenvalue weighted by Gasteiger charge is -2.22. The van der Waals surface area contributed by atoms with Gasteiger partial charge in [0.05, 0.1) is 0 Å². The van der Waals surface area contributed by atoms with Gasteiger partial charge in [0.15, 0.2) is 5.96 Å². The Morgan fingerprint density at radius 2 is 2.23 bits per heavy atom. The lowest BCUT2D eigenvalue weighted by Crippen LogP contribution is -2.39. The third-order valence-electron chi connectivity index (χ3n) is 2.58. The first-order chi connectivity index (χ1) is 6.15. The van der Waals surface area contributed by atoms with Gasteiger partial charge in [0, 0.05) is 19.1 Å². The summed E-state index contributed by atoms with van der Waals surface area (Å²) in [6.45, 7) is 8.53. The van der Waals surface area contributed by atoms with Crippen LogP contribution in [0, 0.1) is 5.92 Å². The van der Waals surface area contributed by atoms with Crippen molar-refractivity contribution in [2.45, 2.75) is 39.7 Å². The number of hydrogen-bond acceptors (Lipinski definition) is 1. The highest BCUT2D eigenvalue weighted by Gasteiger charge is 2.26. The van der Waals surface area contributed by atoms with Crippen LogP contribution in [0.1, 0.15) is 33.6 Å². The molecule has 1 rings (SSSR count). The van der Waals surface area contributed by atoms with Crippen LogP contribution in [0.2, 0.25) is 0 Å². The maximum Gasteiger partial charge on any atom is 0.191 e. The monoisotopic (exact) mass is 183 g/mol. The van der Waals surface area contributed by atoms with Gasteiger partial charge in [-0.15, -0.1) is 0 Å². The summed E-state index contributed by atoms with van der Waals surface area (Å²) in [4.78, 5) is 6.55. The second-order valence-corrected chi connectivity index (χ2v) is 4.08. The van der Waals surface area contributed by atoms with Crippen molar-refractivity contribution in [2.24, 2.45) is 16.6 Å². The summed E-state index contributed by atoms with van der Waals surface area (Å²) in [7, 11) is 0. The van der Waals surface area contributed by atoms with Crippen molar-refractivity contribution >= 4 is 5.96 Å². The molecule has 2 unspecified atom stereocenters. The summed E-state index contributed by atoms with van der Waals surface area (Å²) in [5.41, 5.74) is 5.89. The van der Waals surface area contributed by atoms with Crippen LogP contribution >= 0.6 is 0 Å². The highest BCUT2D eigenvalue weighted by Crippen LogP contribution is 2.21. The molecule has 0 amide bonds. The van der Waals surface area contributed by atoms with E-state index >= 15 is 0 Å². The van der Waals surface area contributed by atoms with Crippen LogP contribution < -0.4 is 5.73 Å². The zero-order valence-electron chi connectivity index (χ0n) is 8.95. The Kier molecular flexibility index (Phi) is 3.58. The number of likely N-dealkylation sites (tertiary alicyclic amines) is 1. The average molecular weight is 183 g/mol. The van der Waals surface area contributed by atoms with Crippen LogP contribution in [0.3, 0.4) is 0 Å². The first kappa shape index (κ1) is 10.4. The minimum atomic E-state index is 0.565. The second kappa shape index (κ2) is 4.49. The van der Waals surface area contributed by atoms with E-state index in [1.807, 2.05) is 0 Å². The third kappa shape index (κ3) is 2.61. The van der Waals surface area contributed by atoms with E-state index in [1.54, 1.807) is 0 Å². The fraction of sp³-hybridized carbons (Fsp3) is 0.900. The van der Waals surface area contributed by atoms with Gasteiger partial charge in [-0.05, 0) is 25.7 Å². The van der Waals surface area contributed by atoms with Gasteiger partial charge in [-0.25, -0.2) is 0 Å². The van der Waals surface area contributed by atoms with Gasteiger partial charge < -0.3 is 10.6 Å². The van der Waals surface area contributed by atoms with E-state index in [0.29, 0.717) is 6.04 Å². The first-order valence-electron chi connectivity index (χ1n) is 5.21. The fourth-order valence-electron chi connectivity index (χ4n) is 1.94. The predicted octanol–water partition coefficient (Wildman–Crippen LogP) is 1.44. The summed E-state index contributed by atoms with van der Waals surface area (Å²) in [5, 5.41) is 0. The molecule has 3 heteroatoms. The predicted molar refractivity (Wildman–Crippen MR) is 56.7 cm³/mol. The lowest BCUT2D eigenvalue weighted by molar-refractivity contribution is 0.405.